The van der Waals surface area contributed by atoms with Gasteiger partial charge >= 0.3 is 6.36 Å². The Labute approximate surface area is 180 Å². The molecule has 3 rings (SSSR count). The van der Waals surface area contributed by atoms with Crippen molar-refractivity contribution in [1.82, 2.24) is 5.32 Å². The van der Waals surface area contributed by atoms with Gasteiger partial charge in [0.25, 0.3) is 11.8 Å². The Morgan fingerprint density at radius 3 is 2.19 bits per heavy atom. The molecule has 3 aromatic carbocycles. The predicted molar refractivity (Wildman–Crippen MR) is 110 cm³/mol. The third-order valence-corrected chi connectivity index (χ3v) is 4.03. The van der Waals surface area contributed by atoms with Gasteiger partial charge in [0.1, 0.15) is 17.3 Å². The quantitative estimate of drug-likeness (QED) is 0.409. The van der Waals surface area contributed by atoms with Crippen LogP contribution in [0.4, 0.5) is 23.2 Å². The van der Waals surface area contributed by atoms with E-state index in [2.05, 4.69) is 15.4 Å². The molecule has 0 unspecified atom stereocenters. The van der Waals surface area contributed by atoms with Crippen LogP contribution in [0, 0.1) is 5.82 Å². The van der Waals surface area contributed by atoms with E-state index in [0.717, 1.165) is 12.1 Å². The number of ether oxygens (including phenoxy) is 1. The molecule has 0 saturated heterocycles. The lowest BCUT2D eigenvalue weighted by Gasteiger charge is -2.12. The normalized spacial score (nSPS) is 11.6. The zero-order valence-electron chi connectivity index (χ0n) is 16.3. The molecule has 2 amide bonds. The standard InChI is InChI=1S/C23H16F4N2O3/c24-17-8-4-5-15(13-17)14-20(29-21(30)16-6-2-1-3-7-16)22(31)28-18-9-11-19(12-10-18)32-23(25,26)27/h1-14H,(H,28,31)(H,29,30)/b20-14+. The molecule has 0 heterocycles. The second-order valence-electron chi connectivity index (χ2n) is 6.46. The number of anilines is 1. The van der Waals surface area contributed by atoms with Crippen LogP contribution < -0.4 is 15.4 Å². The van der Waals surface area contributed by atoms with Gasteiger partial charge in [0, 0.05) is 11.3 Å². The fourth-order valence-electron chi connectivity index (χ4n) is 2.64. The first-order valence-corrected chi connectivity index (χ1v) is 9.20. The first-order valence-electron chi connectivity index (χ1n) is 9.20. The van der Waals surface area contributed by atoms with Gasteiger partial charge in [-0.2, -0.15) is 0 Å². The number of carbonyl (C=O) groups is 2. The summed E-state index contributed by atoms with van der Waals surface area (Å²) in [7, 11) is 0. The summed E-state index contributed by atoms with van der Waals surface area (Å²) in [6, 6.07) is 18.0. The largest absolute Gasteiger partial charge is 0.573 e. The second kappa shape index (κ2) is 9.78. The monoisotopic (exact) mass is 444 g/mol. The zero-order chi connectivity index (χ0) is 23.1. The third-order valence-electron chi connectivity index (χ3n) is 4.03. The van der Waals surface area contributed by atoms with Crippen molar-refractivity contribution in [3.8, 4) is 5.75 Å². The van der Waals surface area contributed by atoms with Crippen LogP contribution in [0.1, 0.15) is 15.9 Å². The minimum atomic E-state index is -4.84. The molecule has 2 N–H and O–H groups in total. The lowest BCUT2D eigenvalue weighted by atomic mass is 10.1. The second-order valence-corrected chi connectivity index (χ2v) is 6.46. The van der Waals surface area contributed by atoms with Gasteiger partial charge in [-0.3, -0.25) is 9.59 Å². The van der Waals surface area contributed by atoms with Gasteiger partial charge in [0.05, 0.1) is 0 Å². The molecule has 3 aromatic rings. The Morgan fingerprint density at radius 1 is 0.875 bits per heavy atom. The number of hydrogen-bond acceptors (Lipinski definition) is 3. The number of benzene rings is 3. The van der Waals surface area contributed by atoms with Gasteiger partial charge in [-0.1, -0.05) is 30.3 Å². The van der Waals surface area contributed by atoms with Gasteiger partial charge in [-0.25, -0.2) is 4.39 Å². The lowest BCUT2D eigenvalue weighted by molar-refractivity contribution is -0.274. The molecule has 164 valence electrons. The number of halogens is 4. The van der Waals surface area contributed by atoms with E-state index in [0.29, 0.717) is 11.1 Å². The smallest absolute Gasteiger partial charge is 0.406 e. The zero-order valence-corrected chi connectivity index (χ0v) is 16.3. The summed E-state index contributed by atoms with van der Waals surface area (Å²) in [6.07, 6.45) is -3.56. The summed E-state index contributed by atoms with van der Waals surface area (Å²) in [6.45, 7) is 0. The summed E-state index contributed by atoms with van der Waals surface area (Å²) < 4.78 is 54.2. The van der Waals surface area contributed by atoms with Crippen LogP contribution >= 0.6 is 0 Å². The van der Waals surface area contributed by atoms with Crippen molar-refractivity contribution >= 4 is 23.6 Å². The number of carbonyl (C=O) groups excluding carboxylic acids is 2. The first kappa shape index (κ1) is 22.5. The topological polar surface area (TPSA) is 67.4 Å². The number of rotatable bonds is 6. The number of hydrogen-bond donors (Lipinski definition) is 2. The summed E-state index contributed by atoms with van der Waals surface area (Å²) in [5, 5.41) is 4.95. The molecule has 0 aromatic heterocycles. The van der Waals surface area contributed by atoms with Crippen LogP contribution in [-0.2, 0) is 4.79 Å². The summed E-state index contributed by atoms with van der Waals surface area (Å²) in [4.78, 5) is 25.3. The maximum atomic E-state index is 13.5. The number of alkyl halides is 3. The van der Waals surface area contributed by atoms with Crippen LogP contribution in [0.3, 0.4) is 0 Å². The van der Waals surface area contributed by atoms with Gasteiger partial charge in [-0.05, 0) is 60.2 Å². The van der Waals surface area contributed by atoms with Crippen molar-refractivity contribution in [2.45, 2.75) is 6.36 Å². The maximum Gasteiger partial charge on any atom is 0.573 e. The van der Waals surface area contributed by atoms with E-state index in [1.54, 1.807) is 30.3 Å². The fourth-order valence-corrected chi connectivity index (χ4v) is 2.64. The van der Waals surface area contributed by atoms with E-state index in [-0.39, 0.29) is 11.4 Å². The molecule has 0 bridgehead atoms. The van der Waals surface area contributed by atoms with Crippen molar-refractivity contribution in [3.05, 3.63) is 102 Å². The van der Waals surface area contributed by atoms with E-state index >= 15 is 0 Å². The molecule has 5 nitrogen and oxygen atoms in total. The lowest BCUT2D eigenvalue weighted by Crippen LogP contribution is -2.30. The molecule has 0 spiro atoms. The van der Waals surface area contributed by atoms with Crippen LogP contribution in [0.25, 0.3) is 6.08 Å². The summed E-state index contributed by atoms with van der Waals surface area (Å²) >= 11 is 0. The molecule has 9 heteroatoms. The highest BCUT2D eigenvalue weighted by molar-refractivity contribution is 6.10. The van der Waals surface area contributed by atoms with Gasteiger partial charge in [-0.15, -0.1) is 13.2 Å². The Bertz CT molecular complexity index is 1130. The predicted octanol–water partition coefficient (Wildman–Crippen LogP) is 5.13. The summed E-state index contributed by atoms with van der Waals surface area (Å²) in [5.41, 5.74) is 0.570. The SMILES string of the molecule is O=C(Nc1ccc(OC(F)(F)F)cc1)/C(=C\c1cccc(F)c1)NC(=O)c1ccccc1. The average molecular weight is 444 g/mol. The van der Waals surface area contributed by atoms with Crippen molar-refractivity contribution < 1.29 is 31.9 Å². The third kappa shape index (κ3) is 6.69. The Hall–Kier alpha value is -4.14. The van der Waals surface area contributed by atoms with Crippen LogP contribution in [0.5, 0.6) is 5.75 Å². The van der Waals surface area contributed by atoms with Crippen LogP contribution in [-0.4, -0.2) is 18.2 Å². The number of amides is 2. The van der Waals surface area contributed by atoms with E-state index in [1.165, 1.54) is 42.5 Å². The van der Waals surface area contributed by atoms with Crippen molar-refractivity contribution in [2.24, 2.45) is 0 Å². The number of nitrogens with one attached hydrogen (secondary N) is 2. The highest BCUT2D eigenvalue weighted by Crippen LogP contribution is 2.24. The molecular weight excluding hydrogens is 428 g/mol. The van der Waals surface area contributed by atoms with Crippen molar-refractivity contribution in [2.75, 3.05) is 5.32 Å². The highest BCUT2D eigenvalue weighted by Gasteiger charge is 2.31. The van der Waals surface area contributed by atoms with Gasteiger partial charge < -0.3 is 15.4 Å². The minimum absolute atomic E-state index is 0.156. The van der Waals surface area contributed by atoms with Gasteiger partial charge in [0.15, 0.2) is 0 Å². The highest BCUT2D eigenvalue weighted by atomic mass is 19.4. The molecule has 0 fully saturated rings. The van der Waals surface area contributed by atoms with E-state index in [4.69, 9.17) is 0 Å². The molecule has 32 heavy (non-hydrogen) atoms. The van der Waals surface area contributed by atoms with E-state index in [9.17, 15) is 27.2 Å². The van der Waals surface area contributed by atoms with Crippen LogP contribution in [0.2, 0.25) is 0 Å². The summed E-state index contributed by atoms with van der Waals surface area (Å²) in [5.74, 6) is -2.32. The maximum absolute atomic E-state index is 13.5. The van der Waals surface area contributed by atoms with E-state index < -0.39 is 29.7 Å². The first-order chi connectivity index (χ1) is 15.2. The van der Waals surface area contributed by atoms with Crippen LogP contribution in [0.15, 0.2) is 84.6 Å². The van der Waals surface area contributed by atoms with Crippen molar-refractivity contribution in [3.63, 3.8) is 0 Å². The Balaban J connectivity index is 1.82. The Kier molecular flexibility index (Phi) is 6.89. The molecule has 0 radical (unpaired) electrons. The fraction of sp³-hybridized carbons (Fsp3) is 0.0435. The molecule has 0 atom stereocenters. The average Bonchev–Trinajstić information content (AvgIpc) is 2.74. The van der Waals surface area contributed by atoms with E-state index in [1.807, 2.05) is 0 Å². The molecular formula is C23H16F4N2O3. The van der Waals surface area contributed by atoms with Crippen molar-refractivity contribution in [1.29, 1.82) is 0 Å². The molecule has 0 aliphatic rings. The van der Waals surface area contributed by atoms with Gasteiger partial charge in [0.2, 0.25) is 0 Å². The Morgan fingerprint density at radius 2 is 1.56 bits per heavy atom. The molecule has 0 aliphatic heterocycles. The minimum Gasteiger partial charge on any atom is -0.406 e. The molecule has 0 aliphatic carbocycles. The molecule has 0 saturated carbocycles.